The number of nitrogens with zero attached hydrogens (tertiary/aromatic N) is 1. The maximum Gasteiger partial charge on any atom is 0.408 e. The summed E-state index contributed by atoms with van der Waals surface area (Å²) in [7, 11) is -4.27. The number of benzene rings is 1. The first-order valence-electron chi connectivity index (χ1n) is 9.64. The van der Waals surface area contributed by atoms with Crippen LogP contribution in [0.15, 0.2) is 29.2 Å². The molecule has 2 atom stereocenters. The van der Waals surface area contributed by atoms with E-state index in [2.05, 4.69) is 5.32 Å². The number of nitrogens with one attached hydrogen (secondary N) is 1. The molecule has 31 heavy (non-hydrogen) atoms. The first kappa shape index (κ1) is 26.4. The average Bonchev–Trinajstić information content (AvgIpc) is 2.57. The van der Waals surface area contributed by atoms with Crippen molar-refractivity contribution in [2.45, 2.75) is 83.1 Å². The van der Waals surface area contributed by atoms with Gasteiger partial charge in [0.25, 0.3) is 10.1 Å². The number of esters is 1. The molecule has 0 fully saturated rings. The van der Waals surface area contributed by atoms with Crippen molar-refractivity contribution >= 4 is 22.2 Å². The third-order valence-electron chi connectivity index (χ3n) is 3.53. The first-order valence-corrected chi connectivity index (χ1v) is 11.1. The van der Waals surface area contributed by atoms with Crippen LogP contribution in [0.25, 0.3) is 0 Å². The lowest BCUT2D eigenvalue weighted by atomic mass is 10.1. The molecule has 0 aliphatic rings. The lowest BCUT2D eigenvalue weighted by molar-refractivity contribution is -0.158. The van der Waals surface area contributed by atoms with Crippen molar-refractivity contribution in [3.63, 3.8) is 0 Å². The summed E-state index contributed by atoms with van der Waals surface area (Å²) in [5.41, 5.74) is -0.855. The van der Waals surface area contributed by atoms with Gasteiger partial charge in [0.05, 0.1) is 11.0 Å². The molecule has 1 aromatic carbocycles. The molecule has 0 saturated heterocycles. The Morgan fingerprint density at radius 3 is 2.00 bits per heavy atom. The summed E-state index contributed by atoms with van der Waals surface area (Å²) in [6.45, 7) is 11.6. The minimum atomic E-state index is -4.27. The summed E-state index contributed by atoms with van der Waals surface area (Å²) < 4.78 is 40.4. The molecule has 0 bridgehead atoms. The van der Waals surface area contributed by atoms with E-state index < -0.39 is 51.9 Å². The Kier molecular flexibility index (Phi) is 8.61. The van der Waals surface area contributed by atoms with Gasteiger partial charge in [-0.05, 0) is 60.6 Å². The Bertz CT molecular complexity index is 920. The van der Waals surface area contributed by atoms with Gasteiger partial charge in [-0.3, -0.25) is 0 Å². The molecule has 1 amide bonds. The summed E-state index contributed by atoms with van der Waals surface area (Å²) in [6, 6.07) is 6.22. The van der Waals surface area contributed by atoms with Gasteiger partial charge in [0, 0.05) is 6.42 Å². The second-order valence-electron chi connectivity index (χ2n) is 8.95. The van der Waals surface area contributed by atoms with Crippen LogP contribution in [-0.4, -0.2) is 43.8 Å². The van der Waals surface area contributed by atoms with Crippen molar-refractivity contribution in [1.29, 1.82) is 5.26 Å². The molecule has 0 aliphatic heterocycles. The Balaban J connectivity index is 3.05. The molecule has 0 aliphatic carbocycles. The fraction of sp³-hybridized carbons (Fsp3) is 0.571. The molecule has 0 heterocycles. The molecule has 0 aromatic heterocycles. The maximum absolute atomic E-state index is 12.6. The SMILES string of the molecule is Cc1ccc(S(=O)(=O)O[C@@H](C#N)C[C@H](NC(=O)OC(C)(C)C)C(=O)OC(C)(C)C)cc1. The predicted molar refractivity (Wildman–Crippen MR) is 112 cm³/mol. The summed E-state index contributed by atoms with van der Waals surface area (Å²) in [5, 5.41) is 11.8. The second-order valence-corrected chi connectivity index (χ2v) is 10.5. The highest BCUT2D eigenvalue weighted by Gasteiger charge is 2.33. The van der Waals surface area contributed by atoms with E-state index >= 15 is 0 Å². The molecule has 9 nitrogen and oxygen atoms in total. The van der Waals surface area contributed by atoms with Crippen LogP contribution in [0.5, 0.6) is 0 Å². The van der Waals surface area contributed by atoms with Gasteiger partial charge in [-0.15, -0.1) is 0 Å². The third-order valence-corrected chi connectivity index (χ3v) is 4.86. The number of nitriles is 1. The number of carbonyl (C=O) groups is 2. The van der Waals surface area contributed by atoms with Crippen LogP contribution in [0.4, 0.5) is 4.79 Å². The molecule has 1 rings (SSSR count). The quantitative estimate of drug-likeness (QED) is 0.491. The molecule has 172 valence electrons. The normalized spacial score (nSPS) is 14.1. The van der Waals surface area contributed by atoms with Crippen LogP contribution >= 0.6 is 0 Å². The Morgan fingerprint density at radius 1 is 1.03 bits per heavy atom. The summed E-state index contributed by atoms with van der Waals surface area (Å²) >= 11 is 0. The lowest BCUT2D eigenvalue weighted by Crippen LogP contribution is -2.47. The lowest BCUT2D eigenvalue weighted by Gasteiger charge is -2.27. The van der Waals surface area contributed by atoms with E-state index in [0.717, 1.165) is 5.56 Å². The van der Waals surface area contributed by atoms with Crippen LogP contribution in [0.3, 0.4) is 0 Å². The second kappa shape index (κ2) is 10.1. The fourth-order valence-electron chi connectivity index (χ4n) is 2.28. The van der Waals surface area contributed by atoms with Crippen LogP contribution in [0.2, 0.25) is 0 Å². The standard InChI is InChI=1S/C21H30N2O7S/c1-14-8-10-16(11-9-14)31(26,27)30-15(13-22)12-17(18(24)28-20(2,3)4)23-19(25)29-21(5,6)7/h8-11,15,17H,12H2,1-7H3,(H,23,25)/t15-,17+/m1/s1. The largest absolute Gasteiger partial charge is 0.458 e. The van der Waals surface area contributed by atoms with Gasteiger partial charge in [-0.2, -0.15) is 13.7 Å². The van der Waals surface area contributed by atoms with Crippen molar-refractivity contribution < 1.29 is 31.7 Å². The Labute approximate surface area is 183 Å². The number of hydrogen-bond donors (Lipinski definition) is 1. The van der Waals surface area contributed by atoms with Crippen LogP contribution in [0.1, 0.15) is 53.5 Å². The first-order chi connectivity index (χ1) is 14.0. The van der Waals surface area contributed by atoms with E-state index in [1.54, 1.807) is 66.7 Å². The van der Waals surface area contributed by atoms with Gasteiger partial charge in [0.2, 0.25) is 0 Å². The molecule has 0 spiro atoms. The average molecular weight is 455 g/mol. The zero-order valence-electron chi connectivity index (χ0n) is 18.9. The number of rotatable bonds is 7. The maximum atomic E-state index is 12.6. The van der Waals surface area contributed by atoms with Gasteiger partial charge < -0.3 is 14.8 Å². The monoisotopic (exact) mass is 454 g/mol. The number of amides is 1. The van der Waals surface area contributed by atoms with Crippen molar-refractivity contribution in [2.75, 3.05) is 0 Å². The van der Waals surface area contributed by atoms with E-state index in [0.29, 0.717) is 0 Å². The molecule has 0 saturated carbocycles. The molecule has 0 radical (unpaired) electrons. The van der Waals surface area contributed by atoms with Gasteiger partial charge in [-0.1, -0.05) is 17.7 Å². The molecule has 1 N–H and O–H groups in total. The highest BCUT2D eigenvalue weighted by atomic mass is 32.2. The summed E-state index contributed by atoms with van der Waals surface area (Å²) in [6.07, 6.45) is -2.93. The van der Waals surface area contributed by atoms with E-state index in [-0.39, 0.29) is 4.90 Å². The molecule has 0 unspecified atom stereocenters. The van der Waals surface area contributed by atoms with E-state index in [4.69, 9.17) is 13.7 Å². The number of hydrogen-bond acceptors (Lipinski definition) is 8. The van der Waals surface area contributed by atoms with Gasteiger partial charge in [-0.25, -0.2) is 13.8 Å². The topological polar surface area (TPSA) is 132 Å². The third kappa shape index (κ3) is 9.81. The molecular formula is C21H30N2O7S. The smallest absolute Gasteiger partial charge is 0.408 e. The minimum Gasteiger partial charge on any atom is -0.458 e. The minimum absolute atomic E-state index is 0.132. The van der Waals surface area contributed by atoms with Crippen LogP contribution in [0, 0.1) is 18.3 Å². The predicted octanol–water partition coefficient (Wildman–Crippen LogP) is 3.22. The van der Waals surface area contributed by atoms with Crippen molar-refractivity contribution in [3.8, 4) is 6.07 Å². The van der Waals surface area contributed by atoms with E-state index in [9.17, 15) is 23.3 Å². The fourth-order valence-corrected chi connectivity index (χ4v) is 3.29. The number of carbonyl (C=O) groups excluding carboxylic acids is 2. The van der Waals surface area contributed by atoms with Crippen LogP contribution in [-0.2, 0) is 28.6 Å². The Hall–Kier alpha value is -2.64. The number of alkyl carbamates (subject to hydrolysis) is 1. The Morgan fingerprint density at radius 2 is 1.55 bits per heavy atom. The zero-order valence-corrected chi connectivity index (χ0v) is 19.7. The molecule has 10 heteroatoms. The van der Waals surface area contributed by atoms with Crippen molar-refractivity contribution in [2.24, 2.45) is 0 Å². The van der Waals surface area contributed by atoms with Crippen molar-refractivity contribution in [1.82, 2.24) is 5.32 Å². The number of ether oxygens (including phenoxy) is 2. The van der Waals surface area contributed by atoms with E-state index in [1.165, 1.54) is 12.1 Å². The summed E-state index contributed by atoms with van der Waals surface area (Å²) in [4.78, 5) is 24.6. The highest BCUT2D eigenvalue weighted by Crippen LogP contribution is 2.19. The zero-order chi connectivity index (χ0) is 24.0. The van der Waals surface area contributed by atoms with E-state index in [1.807, 2.05) is 0 Å². The van der Waals surface area contributed by atoms with Crippen molar-refractivity contribution in [3.05, 3.63) is 29.8 Å². The molecular weight excluding hydrogens is 424 g/mol. The van der Waals surface area contributed by atoms with Crippen LogP contribution < -0.4 is 5.32 Å². The number of aryl methyl sites for hydroxylation is 1. The summed E-state index contributed by atoms with van der Waals surface area (Å²) in [5.74, 6) is -0.852. The van der Waals surface area contributed by atoms with Gasteiger partial charge >= 0.3 is 12.1 Å². The molecule has 1 aromatic rings. The highest BCUT2D eigenvalue weighted by molar-refractivity contribution is 7.86. The van der Waals surface area contributed by atoms with Gasteiger partial charge in [0.1, 0.15) is 17.2 Å². The van der Waals surface area contributed by atoms with Gasteiger partial charge in [0.15, 0.2) is 6.10 Å².